The van der Waals surface area contributed by atoms with Crippen LogP contribution in [0.2, 0.25) is 0 Å². The Morgan fingerprint density at radius 3 is 2.38 bits per heavy atom. The predicted molar refractivity (Wildman–Crippen MR) is 96.1 cm³/mol. The van der Waals surface area contributed by atoms with E-state index in [0.717, 1.165) is 24.3 Å². The molecule has 0 N–H and O–H groups in total. The number of halogens is 5. The van der Waals surface area contributed by atoms with Gasteiger partial charge in [0.05, 0.1) is 24.1 Å². The number of benzene rings is 2. The average molecular weight is 413 g/mol. The van der Waals surface area contributed by atoms with Crippen molar-refractivity contribution in [3.05, 3.63) is 70.8 Å². The minimum atomic E-state index is -4.51. The average Bonchev–Trinajstić information content (AvgIpc) is 2.69. The molecule has 1 amide bonds. The number of carbonyl (C=O) groups excluding carboxylic acids is 1. The van der Waals surface area contributed by atoms with E-state index in [1.165, 1.54) is 23.1 Å². The van der Waals surface area contributed by atoms with Crippen LogP contribution >= 0.6 is 0 Å². The van der Waals surface area contributed by atoms with Crippen LogP contribution in [0.5, 0.6) is 0 Å². The summed E-state index contributed by atoms with van der Waals surface area (Å²) >= 11 is 0. The summed E-state index contributed by atoms with van der Waals surface area (Å²) in [7, 11) is 0. The van der Waals surface area contributed by atoms with E-state index >= 15 is 0 Å². The molecule has 1 fully saturated rings. The van der Waals surface area contributed by atoms with Crippen LogP contribution in [0.1, 0.15) is 36.6 Å². The summed E-state index contributed by atoms with van der Waals surface area (Å²) < 4.78 is 71.4. The van der Waals surface area contributed by atoms with Crippen LogP contribution in [0.4, 0.5) is 22.0 Å². The SMILES string of the molecule is CC(C)(C(=O)N1CCOC(c2ccc(F)c(F)c2)C1)c1cccc(C(F)(F)F)c1. The Labute approximate surface area is 165 Å². The van der Waals surface area contributed by atoms with Crippen LogP contribution in [0.3, 0.4) is 0 Å². The number of alkyl halides is 3. The molecule has 0 spiro atoms. The number of amides is 1. The Bertz CT molecular complexity index is 910. The first-order valence-corrected chi connectivity index (χ1v) is 9.04. The van der Waals surface area contributed by atoms with E-state index in [0.29, 0.717) is 5.56 Å². The van der Waals surface area contributed by atoms with Crippen LogP contribution < -0.4 is 0 Å². The Kier molecular flexibility index (Phi) is 5.67. The van der Waals surface area contributed by atoms with Gasteiger partial charge in [-0.2, -0.15) is 13.2 Å². The van der Waals surface area contributed by atoms with Crippen molar-refractivity contribution in [1.82, 2.24) is 4.90 Å². The maximum atomic E-state index is 13.5. The summed E-state index contributed by atoms with van der Waals surface area (Å²) in [6.45, 7) is 3.64. The second kappa shape index (κ2) is 7.74. The van der Waals surface area contributed by atoms with Crippen LogP contribution in [-0.2, 0) is 21.1 Å². The summed E-state index contributed by atoms with van der Waals surface area (Å²) in [4.78, 5) is 14.6. The van der Waals surface area contributed by atoms with Gasteiger partial charge in [-0.1, -0.05) is 24.3 Å². The third-order valence-corrected chi connectivity index (χ3v) is 5.12. The van der Waals surface area contributed by atoms with Crippen molar-refractivity contribution in [2.45, 2.75) is 31.5 Å². The van der Waals surface area contributed by atoms with Gasteiger partial charge in [-0.25, -0.2) is 8.78 Å². The molecule has 1 atom stereocenters. The number of rotatable bonds is 3. The van der Waals surface area contributed by atoms with Crippen molar-refractivity contribution in [3.8, 4) is 0 Å². The lowest BCUT2D eigenvalue weighted by atomic mass is 9.82. The molecule has 3 nitrogen and oxygen atoms in total. The van der Waals surface area contributed by atoms with Crippen LogP contribution in [-0.4, -0.2) is 30.5 Å². The Morgan fingerprint density at radius 1 is 1.03 bits per heavy atom. The first-order valence-electron chi connectivity index (χ1n) is 9.04. The summed E-state index contributed by atoms with van der Waals surface area (Å²) in [5, 5.41) is 0. The van der Waals surface area contributed by atoms with E-state index in [-0.39, 0.29) is 31.2 Å². The molecule has 0 radical (unpaired) electrons. The van der Waals surface area contributed by atoms with E-state index in [4.69, 9.17) is 4.74 Å². The topological polar surface area (TPSA) is 29.5 Å². The smallest absolute Gasteiger partial charge is 0.370 e. The highest BCUT2D eigenvalue weighted by molar-refractivity contribution is 5.87. The molecular formula is C21H20F5NO2. The zero-order valence-electron chi connectivity index (χ0n) is 15.9. The fourth-order valence-corrected chi connectivity index (χ4v) is 3.35. The minimum Gasteiger partial charge on any atom is -0.370 e. The molecule has 1 unspecified atom stereocenters. The number of morpholine rings is 1. The van der Waals surface area contributed by atoms with Gasteiger partial charge in [0.25, 0.3) is 0 Å². The van der Waals surface area contributed by atoms with E-state index in [1.807, 2.05) is 0 Å². The molecule has 0 aromatic heterocycles. The first kappa shape index (κ1) is 21.2. The maximum absolute atomic E-state index is 13.5. The lowest BCUT2D eigenvalue weighted by molar-refractivity contribution is -0.144. The molecule has 8 heteroatoms. The number of ether oxygens (including phenoxy) is 1. The van der Waals surface area contributed by atoms with Gasteiger partial charge in [0.15, 0.2) is 11.6 Å². The Morgan fingerprint density at radius 2 is 1.72 bits per heavy atom. The third-order valence-electron chi connectivity index (χ3n) is 5.12. The van der Waals surface area contributed by atoms with Crippen molar-refractivity contribution < 1.29 is 31.5 Å². The molecule has 0 bridgehead atoms. The van der Waals surface area contributed by atoms with Gasteiger partial charge in [-0.05, 0) is 43.2 Å². The minimum absolute atomic E-state index is 0.0896. The molecule has 156 valence electrons. The van der Waals surface area contributed by atoms with E-state index < -0.39 is 34.9 Å². The largest absolute Gasteiger partial charge is 0.416 e. The second-order valence-corrected chi connectivity index (χ2v) is 7.49. The van der Waals surface area contributed by atoms with Gasteiger partial charge in [-0.15, -0.1) is 0 Å². The van der Waals surface area contributed by atoms with Crippen LogP contribution in [0, 0.1) is 11.6 Å². The van der Waals surface area contributed by atoms with Gasteiger partial charge >= 0.3 is 6.18 Å². The molecule has 1 aliphatic heterocycles. The second-order valence-electron chi connectivity index (χ2n) is 7.49. The summed E-state index contributed by atoms with van der Waals surface area (Å²) in [6.07, 6.45) is -5.16. The highest BCUT2D eigenvalue weighted by Gasteiger charge is 2.38. The van der Waals surface area contributed by atoms with Crippen molar-refractivity contribution in [2.75, 3.05) is 19.7 Å². The van der Waals surface area contributed by atoms with Gasteiger partial charge in [0.1, 0.15) is 6.10 Å². The molecule has 1 aliphatic rings. The fraction of sp³-hybridized carbons (Fsp3) is 0.381. The van der Waals surface area contributed by atoms with E-state index in [2.05, 4.69) is 0 Å². The van der Waals surface area contributed by atoms with Crippen molar-refractivity contribution in [1.29, 1.82) is 0 Å². The molecule has 1 heterocycles. The molecular weight excluding hydrogens is 393 g/mol. The highest BCUT2D eigenvalue weighted by atomic mass is 19.4. The normalized spacial score (nSPS) is 18.0. The van der Waals surface area contributed by atoms with Crippen molar-refractivity contribution in [2.24, 2.45) is 0 Å². The quantitative estimate of drug-likeness (QED) is 0.673. The van der Waals surface area contributed by atoms with Gasteiger partial charge in [0, 0.05) is 6.54 Å². The van der Waals surface area contributed by atoms with Crippen molar-refractivity contribution in [3.63, 3.8) is 0 Å². The molecule has 0 aliphatic carbocycles. The highest BCUT2D eigenvalue weighted by Crippen LogP contribution is 2.34. The predicted octanol–water partition coefficient (Wildman–Crippen LogP) is 4.86. The standard InChI is InChI=1S/C21H20F5NO2/c1-20(2,14-4-3-5-15(11-14)21(24,25)26)19(28)27-8-9-29-18(12-27)13-6-7-16(22)17(23)10-13/h3-7,10-11,18H,8-9,12H2,1-2H3. The summed E-state index contributed by atoms with van der Waals surface area (Å²) in [6, 6.07) is 8.09. The lowest BCUT2D eigenvalue weighted by Gasteiger charge is -2.38. The van der Waals surface area contributed by atoms with E-state index in [1.54, 1.807) is 13.8 Å². The summed E-state index contributed by atoms with van der Waals surface area (Å²) in [5.41, 5.74) is -1.40. The van der Waals surface area contributed by atoms with Gasteiger partial charge < -0.3 is 9.64 Å². The molecule has 2 aromatic rings. The van der Waals surface area contributed by atoms with E-state index in [9.17, 15) is 26.7 Å². The van der Waals surface area contributed by atoms with Crippen LogP contribution in [0.25, 0.3) is 0 Å². The molecule has 1 saturated heterocycles. The zero-order valence-corrected chi connectivity index (χ0v) is 15.9. The fourth-order valence-electron chi connectivity index (χ4n) is 3.35. The molecule has 0 saturated carbocycles. The Hall–Kier alpha value is -2.48. The first-order chi connectivity index (χ1) is 13.5. The third kappa shape index (κ3) is 4.42. The van der Waals surface area contributed by atoms with Crippen molar-refractivity contribution >= 4 is 5.91 Å². The number of carbonyl (C=O) groups is 1. The zero-order chi connectivity index (χ0) is 21.4. The Balaban J connectivity index is 1.82. The summed E-state index contributed by atoms with van der Waals surface area (Å²) in [5.74, 6) is -2.37. The molecule has 2 aromatic carbocycles. The lowest BCUT2D eigenvalue weighted by Crippen LogP contribution is -2.49. The number of hydrogen-bond acceptors (Lipinski definition) is 2. The maximum Gasteiger partial charge on any atom is 0.416 e. The van der Waals surface area contributed by atoms with Gasteiger partial charge in [0.2, 0.25) is 5.91 Å². The number of hydrogen-bond donors (Lipinski definition) is 0. The van der Waals surface area contributed by atoms with Gasteiger partial charge in [-0.3, -0.25) is 4.79 Å². The monoisotopic (exact) mass is 413 g/mol. The number of nitrogens with zero attached hydrogens (tertiary/aromatic N) is 1. The van der Waals surface area contributed by atoms with Crippen LogP contribution in [0.15, 0.2) is 42.5 Å². The molecule has 29 heavy (non-hydrogen) atoms. The molecule has 3 rings (SSSR count).